The van der Waals surface area contributed by atoms with Crippen LogP contribution in [0.25, 0.3) is 0 Å². The van der Waals surface area contributed by atoms with Gasteiger partial charge >= 0.3 is 0 Å². The van der Waals surface area contributed by atoms with Gasteiger partial charge in [0.1, 0.15) is 12.1 Å². The molecule has 1 aliphatic carbocycles. The lowest BCUT2D eigenvalue weighted by atomic mass is 9.72. The van der Waals surface area contributed by atoms with Crippen molar-refractivity contribution >= 4 is 12.1 Å². The van der Waals surface area contributed by atoms with E-state index in [2.05, 4.69) is 13.8 Å². The molecule has 0 unspecified atom stereocenters. The Morgan fingerprint density at radius 3 is 2.64 bits per heavy atom. The second-order valence-corrected chi connectivity index (χ2v) is 4.08. The van der Waals surface area contributed by atoms with Crippen molar-refractivity contribution in [3.8, 4) is 0 Å². The van der Waals surface area contributed by atoms with Crippen molar-refractivity contribution < 1.29 is 9.59 Å². The molecule has 1 atom stereocenters. The van der Waals surface area contributed by atoms with Gasteiger partial charge in [-0.2, -0.15) is 0 Å². The zero-order valence-electron chi connectivity index (χ0n) is 7.09. The van der Waals surface area contributed by atoms with Gasteiger partial charge in [-0.3, -0.25) is 4.79 Å². The SMILES string of the molecule is CC1(C)CCC(=O)[C@@H](C=O)C1. The predicted octanol–water partition coefficient (Wildman–Crippen LogP) is 1.58. The molecule has 0 spiro atoms. The summed E-state index contributed by atoms with van der Waals surface area (Å²) in [5.41, 5.74) is 0.180. The highest BCUT2D eigenvalue weighted by molar-refractivity contribution is 5.93. The van der Waals surface area contributed by atoms with E-state index in [9.17, 15) is 9.59 Å². The summed E-state index contributed by atoms with van der Waals surface area (Å²) in [5.74, 6) is -0.196. The van der Waals surface area contributed by atoms with Crippen LogP contribution in [0.5, 0.6) is 0 Å². The molecule has 0 amide bonds. The molecule has 1 aliphatic rings. The Morgan fingerprint density at radius 1 is 1.55 bits per heavy atom. The number of carbonyl (C=O) groups is 2. The van der Waals surface area contributed by atoms with Crippen molar-refractivity contribution in [3.63, 3.8) is 0 Å². The van der Waals surface area contributed by atoms with Crippen LogP contribution in [0.2, 0.25) is 0 Å². The molecule has 0 aromatic carbocycles. The molecule has 2 heteroatoms. The first-order valence-electron chi connectivity index (χ1n) is 4.03. The summed E-state index contributed by atoms with van der Waals surface area (Å²) in [7, 11) is 0. The molecular weight excluding hydrogens is 140 g/mol. The number of hydrogen-bond donors (Lipinski definition) is 0. The van der Waals surface area contributed by atoms with E-state index < -0.39 is 0 Å². The Labute approximate surface area is 67.0 Å². The Balaban J connectivity index is 2.65. The van der Waals surface area contributed by atoms with E-state index in [1.54, 1.807) is 0 Å². The summed E-state index contributed by atoms with van der Waals surface area (Å²) < 4.78 is 0. The van der Waals surface area contributed by atoms with Gasteiger partial charge in [0, 0.05) is 6.42 Å². The van der Waals surface area contributed by atoms with E-state index in [0.29, 0.717) is 6.42 Å². The summed E-state index contributed by atoms with van der Waals surface area (Å²) >= 11 is 0. The fourth-order valence-corrected chi connectivity index (χ4v) is 1.58. The smallest absolute Gasteiger partial charge is 0.143 e. The average molecular weight is 154 g/mol. The molecule has 0 radical (unpaired) electrons. The van der Waals surface area contributed by atoms with Crippen LogP contribution in [0.4, 0.5) is 0 Å². The number of carbonyl (C=O) groups excluding carboxylic acids is 2. The molecule has 0 aromatic rings. The Kier molecular flexibility index (Phi) is 2.12. The predicted molar refractivity (Wildman–Crippen MR) is 42.2 cm³/mol. The minimum Gasteiger partial charge on any atom is -0.303 e. The minimum absolute atomic E-state index is 0.124. The lowest BCUT2D eigenvalue weighted by molar-refractivity contribution is -0.131. The van der Waals surface area contributed by atoms with E-state index in [1.807, 2.05) is 0 Å². The lowest BCUT2D eigenvalue weighted by Crippen LogP contribution is -2.30. The van der Waals surface area contributed by atoms with Crippen molar-refractivity contribution in [2.75, 3.05) is 0 Å². The second-order valence-electron chi connectivity index (χ2n) is 4.08. The van der Waals surface area contributed by atoms with Gasteiger partial charge in [-0.1, -0.05) is 13.8 Å². The molecule has 2 nitrogen and oxygen atoms in total. The van der Waals surface area contributed by atoms with Gasteiger partial charge in [0.05, 0.1) is 5.92 Å². The van der Waals surface area contributed by atoms with E-state index in [0.717, 1.165) is 19.1 Å². The van der Waals surface area contributed by atoms with E-state index in [-0.39, 0.29) is 17.1 Å². The van der Waals surface area contributed by atoms with Gasteiger partial charge in [-0.25, -0.2) is 0 Å². The van der Waals surface area contributed by atoms with Crippen LogP contribution in [-0.2, 0) is 9.59 Å². The maximum atomic E-state index is 11.1. The number of hydrogen-bond acceptors (Lipinski definition) is 2. The highest BCUT2D eigenvalue weighted by Gasteiger charge is 2.32. The maximum Gasteiger partial charge on any atom is 0.143 e. The molecule has 1 rings (SSSR count). The lowest BCUT2D eigenvalue weighted by Gasteiger charge is -2.31. The quantitative estimate of drug-likeness (QED) is 0.424. The summed E-state index contributed by atoms with van der Waals surface area (Å²) in [5, 5.41) is 0. The Bertz CT molecular complexity index is 182. The van der Waals surface area contributed by atoms with Crippen molar-refractivity contribution in [2.45, 2.75) is 33.1 Å². The van der Waals surface area contributed by atoms with Crippen LogP contribution in [0.3, 0.4) is 0 Å². The third-order valence-electron chi connectivity index (χ3n) is 2.40. The number of aldehydes is 1. The normalized spacial score (nSPS) is 30.0. The molecule has 0 aliphatic heterocycles. The standard InChI is InChI=1S/C9H14O2/c1-9(2)4-3-8(11)7(5-9)6-10/h6-7H,3-5H2,1-2H3/t7-/m1/s1. The van der Waals surface area contributed by atoms with Gasteiger partial charge in [0.15, 0.2) is 0 Å². The first-order chi connectivity index (χ1) is 5.05. The highest BCUT2D eigenvalue weighted by atomic mass is 16.1. The van der Waals surface area contributed by atoms with E-state index >= 15 is 0 Å². The third-order valence-corrected chi connectivity index (χ3v) is 2.40. The molecule has 0 saturated heterocycles. The van der Waals surface area contributed by atoms with Crippen molar-refractivity contribution in [3.05, 3.63) is 0 Å². The second kappa shape index (κ2) is 2.76. The minimum atomic E-state index is -0.321. The average Bonchev–Trinajstić information content (AvgIpc) is 1.94. The molecule has 0 N–H and O–H groups in total. The van der Waals surface area contributed by atoms with Gasteiger partial charge in [-0.15, -0.1) is 0 Å². The molecule has 11 heavy (non-hydrogen) atoms. The molecule has 0 aromatic heterocycles. The zero-order chi connectivity index (χ0) is 8.48. The maximum absolute atomic E-state index is 11.1. The highest BCUT2D eigenvalue weighted by Crippen LogP contribution is 2.35. The van der Waals surface area contributed by atoms with Crippen LogP contribution in [0, 0.1) is 11.3 Å². The van der Waals surface area contributed by atoms with Crippen LogP contribution >= 0.6 is 0 Å². The van der Waals surface area contributed by atoms with Crippen molar-refractivity contribution in [1.29, 1.82) is 0 Å². The monoisotopic (exact) mass is 154 g/mol. The molecule has 1 saturated carbocycles. The van der Waals surface area contributed by atoms with Crippen LogP contribution in [0.15, 0.2) is 0 Å². The topological polar surface area (TPSA) is 34.1 Å². The van der Waals surface area contributed by atoms with E-state index in [4.69, 9.17) is 0 Å². The largest absolute Gasteiger partial charge is 0.303 e. The first-order valence-corrected chi connectivity index (χ1v) is 4.03. The van der Waals surface area contributed by atoms with Gasteiger partial charge < -0.3 is 4.79 Å². The molecule has 62 valence electrons. The zero-order valence-corrected chi connectivity index (χ0v) is 7.09. The molecule has 0 bridgehead atoms. The van der Waals surface area contributed by atoms with Gasteiger partial charge in [-0.05, 0) is 18.3 Å². The van der Waals surface area contributed by atoms with Crippen LogP contribution < -0.4 is 0 Å². The summed E-state index contributed by atoms with van der Waals surface area (Å²) in [6.45, 7) is 4.21. The fraction of sp³-hybridized carbons (Fsp3) is 0.778. The number of ketones is 1. The van der Waals surface area contributed by atoms with Crippen LogP contribution in [0.1, 0.15) is 33.1 Å². The van der Waals surface area contributed by atoms with Crippen LogP contribution in [-0.4, -0.2) is 12.1 Å². The Hall–Kier alpha value is -0.660. The Morgan fingerprint density at radius 2 is 2.18 bits per heavy atom. The molecule has 0 heterocycles. The summed E-state index contributed by atoms with van der Waals surface area (Å²) in [6, 6.07) is 0. The van der Waals surface area contributed by atoms with Gasteiger partial charge in [0.25, 0.3) is 0 Å². The van der Waals surface area contributed by atoms with Crippen molar-refractivity contribution in [1.82, 2.24) is 0 Å². The third kappa shape index (κ3) is 1.88. The molecule has 1 fully saturated rings. The van der Waals surface area contributed by atoms with E-state index in [1.165, 1.54) is 0 Å². The first kappa shape index (κ1) is 8.44. The fourth-order valence-electron chi connectivity index (χ4n) is 1.58. The summed E-state index contributed by atoms with van der Waals surface area (Å²) in [4.78, 5) is 21.5. The summed E-state index contributed by atoms with van der Waals surface area (Å²) in [6.07, 6.45) is 3.03. The van der Waals surface area contributed by atoms with Crippen molar-refractivity contribution in [2.24, 2.45) is 11.3 Å². The van der Waals surface area contributed by atoms with Gasteiger partial charge in [0.2, 0.25) is 0 Å². The molecular formula is C9H14O2. The number of Topliss-reactive ketones (excluding diaryl/α,β-unsaturated/α-hetero) is 1. The number of rotatable bonds is 1.